The van der Waals surface area contributed by atoms with E-state index in [1.54, 1.807) is 35.2 Å². The van der Waals surface area contributed by atoms with Gasteiger partial charge in [0.05, 0.1) is 17.1 Å². The number of para-hydroxylation sites is 1. The summed E-state index contributed by atoms with van der Waals surface area (Å²) in [5.74, 6) is -0.658. The van der Waals surface area contributed by atoms with E-state index < -0.39 is 0 Å². The molecular weight excluding hydrogens is 607 g/mol. The average Bonchev–Trinajstić information content (AvgIpc) is 3.05. The number of piperazine rings is 1. The molecule has 0 radical (unpaired) electrons. The van der Waals surface area contributed by atoms with Gasteiger partial charge in [0.2, 0.25) is 0 Å². The molecular formula is C36H34ClFN4O2S. The van der Waals surface area contributed by atoms with Crippen LogP contribution in [0, 0.1) is 12.7 Å². The molecule has 2 amide bonds. The van der Waals surface area contributed by atoms with Gasteiger partial charge in [-0.2, -0.15) is 0 Å². The fourth-order valence-corrected chi connectivity index (χ4v) is 6.89. The first-order valence-electron chi connectivity index (χ1n) is 15.0. The number of nitrogens with zero attached hydrogens (tertiary/aromatic N) is 3. The number of aryl methyl sites for hydroxylation is 1. The summed E-state index contributed by atoms with van der Waals surface area (Å²) in [4.78, 5) is 34.3. The van der Waals surface area contributed by atoms with Gasteiger partial charge in [0.15, 0.2) is 0 Å². The molecule has 2 heterocycles. The van der Waals surface area contributed by atoms with Gasteiger partial charge in [-0.15, -0.1) is 0 Å². The van der Waals surface area contributed by atoms with Crippen LogP contribution in [0.4, 0.5) is 15.8 Å². The Labute approximate surface area is 272 Å². The Kier molecular flexibility index (Phi) is 9.54. The second-order valence-corrected chi connectivity index (χ2v) is 12.7. The van der Waals surface area contributed by atoms with Crippen molar-refractivity contribution in [3.8, 4) is 0 Å². The fourth-order valence-electron chi connectivity index (χ4n) is 5.66. The number of carbonyl (C=O) groups is 2. The zero-order valence-electron chi connectivity index (χ0n) is 25.0. The van der Waals surface area contributed by atoms with Gasteiger partial charge in [-0.05, 0) is 66.6 Å². The molecule has 0 saturated carbocycles. The monoisotopic (exact) mass is 640 g/mol. The van der Waals surface area contributed by atoms with Crippen LogP contribution in [-0.4, -0.2) is 56.0 Å². The number of hydrogen-bond donors (Lipinski definition) is 1. The summed E-state index contributed by atoms with van der Waals surface area (Å²) < 4.78 is 14.5. The summed E-state index contributed by atoms with van der Waals surface area (Å²) in [6, 6.07) is 27.4. The Morgan fingerprint density at radius 1 is 0.933 bits per heavy atom. The Bertz CT molecular complexity index is 1740. The molecule has 1 fully saturated rings. The van der Waals surface area contributed by atoms with Crippen molar-refractivity contribution >= 4 is 52.6 Å². The number of rotatable bonds is 8. The Morgan fingerprint density at radius 2 is 1.67 bits per heavy atom. The molecule has 0 aromatic heterocycles. The van der Waals surface area contributed by atoms with Crippen molar-refractivity contribution in [1.29, 1.82) is 0 Å². The Balaban J connectivity index is 1.04. The van der Waals surface area contributed by atoms with Crippen LogP contribution < -0.4 is 15.1 Å². The van der Waals surface area contributed by atoms with Gasteiger partial charge >= 0.3 is 0 Å². The molecule has 1 saturated heterocycles. The van der Waals surface area contributed by atoms with Gasteiger partial charge in [0.25, 0.3) is 11.8 Å². The highest BCUT2D eigenvalue weighted by Crippen LogP contribution is 2.42. The van der Waals surface area contributed by atoms with E-state index in [-0.39, 0.29) is 24.2 Å². The molecule has 9 heteroatoms. The maximum Gasteiger partial charge on any atom is 0.265 e. The zero-order valence-corrected chi connectivity index (χ0v) is 26.6. The minimum atomic E-state index is -0.341. The molecule has 4 aromatic carbocycles. The number of carbonyl (C=O) groups excluding carboxylic acids is 2. The van der Waals surface area contributed by atoms with E-state index in [0.29, 0.717) is 22.6 Å². The smallest absolute Gasteiger partial charge is 0.265 e. The number of halogens is 2. The molecule has 1 N–H and O–H groups in total. The molecule has 0 unspecified atom stereocenters. The van der Waals surface area contributed by atoms with Crippen molar-refractivity contribution < 1.29 is 14.0 Å². The third-order valence-corrected chi connectivity index (χ3v) is 9.50. The second-order valence-electron chi connectivity index (χ2n) is 11.2. The SMILES string of the molecule is Cc1ccc(Cl)cc1N1CCN(CCNC(=O)c2ccc(C=C3Sc4ccccc4N(Cc4ccccc4F)C3=O)cc2)CC1. The normalized spacial score (nSPS) is 16.2. The topological polar surface area (TPSA) is 55.9 Å². The lowest BCUT2D eigenvalue weighted by atomic mass is 10.1. The van der Waals surface area contributed by atoms with E-state index in [1.807, 2.05) is 54.6 Å². The second kappa shape index (κ2) is 13.9. The average molecular weight is 641 g/mol. The lowest BCUT2D eigenvalue weighted by Gasteiger charge is -2.36. The summed E-state index contributed by atoms with van der Waals surface area (Å²) >= 11 is 7.61. The zero-order chi connectivity index (χ0) is 31.3. The lowest BCUT2D eigenvalue weighted by molar-refractivity contribution is -0.114. The first kappa shape index (κ1) is 30.9. The quantitative estimate of drug-likeness (QED) is 0.210. The van der Waals surface area contributed by atoms with Crippen molar-refractivity contribution in [2.75, 3.05) is 49.1 Å². The predicted molar refractivity (Wildman–Crippen MR) is 181 cm³/mol. The first-order chi connectivity index (χ1) is 21.9. The fraction of sp³-hybridized carbons (Fsp3) is 0.222. The largest absolute Gasteiger partial charge is 0.369 e. The molecule has 0 spiro atoms. The maximum absolute atomic E-state index is 14.5. The number of thioether (sulfide) groups is 1. The van der Waals surface area contributed by atoms with Crippen LogP contribution >= 0.6 is 23.4 Å². The van der Waals surface area contributed by atoms with Crippen LogP contribution in [0.15, 0.2) is 101 Å². The molecule has 45 heavy (non-hydrogen) atoms. The highest BCUT2D eigenvalue weighted by Gasteiger charge is 2.29. The molecule has 6 nitrogen and oxygen atoms in total. The van der Waals surface area contributed by atoms with Crippen LogP contribution in [0.2, 0.25) is 5.02 Å². The number of amides is 2. The number of nitrogens with one attached hydrogen (secondary N) is 1. The van der Waals surface area contributed by atoms with E-state index in [9.17, 15) is 14.0 Å². The van der Waals surface area contributed by atoms with E-state index in [1.165, 1.54) is 29.1 Å². The van der Waals surface area contributed by atoms with E-state index in [4.69, 9.17) is 11.6 Å². The minimum absolute atomic E-state index is 0.129. The molecule has 0 atom stereocenters. The first-order valence-corrected chi connectivity index (χ1v) is 16.2. The van der Waals surface area contributed by atoms with Crippen LogP contribution in [0.3, 0.4) is 0 Å². The van der Waals surface area contributed by atoms with Crippen LogP contribution in [-0.2, 0) is 11.3 Å². The van der Waals surface area contributed by atoms with Crippen LogP contribution in [0.1, 0.15) is 27.0 Å². The lowest BCUT2D eigenvalue weighted by Crippen LogP contribution is -2.48. The Morgan fingerprint density at radius 3 is 2.44 bits per heavy atom. The molecule has 2 aliphatic rings. The number of anilines is 2. The predicted octanol–water partition coefficient (Wildman–Crippen LogP) is 7.02. The van der Waals surface area contributed by atoms with Gasteiger partial charge in [-0.1, -0.05) is 71.9 Å². The molecule has 0 bridgehead atoms. The molecule has 6 rings (SSSR count). The minimum Gasteiger partial charge on any atom is -0.369 e. The van der Waals surface area contributed by atoms with Gasteiger partial charge in [-0.25, -0.2) is 4.39 Å². The molecule has 4 aromatic rings. The number of hydrogen-bond acceptors (Lipinski definition) is 5. The van der Waals surface area contributed by atoms with Crippen LogP contribution in [0.25, 0.3) is 6.08 Å². The highest BCUT2D eigenvalue weighted by atomic mass is 35.5. The third-order valence-electron chi connectivity index (χ3n) is 8.19. The standard InChI is InChI=1S/C36H34ClFN4O2S/c1-25-10-15-29(37)23-32(25)41-20-18-40(19-21-41)17-16-39-35(43)27-13-11-26(12-14-27)22-34-36(44)42(24-28-6-2-3-7-30(28)38)31-8-4-5-9-33(31)45-34/h2-15,22-23H,16-21,24H2,1H3,(H,39,43). The Hall–Kier alpha value is -4.11. The number of fused-ring (bicyclic) bond motifs is 1. The highest BCUT2D eigenvalue weighted by molar-refractivity contribution is 8.04. The molecule has 0 aliphatic carbocycles. The molecule has 230 valence electrons. The van der Waals surface area contributed by atoms with Gasteiger partial charge in [-0.3, -0.25) is 14.5 Å². The third kappa shape index (κ3) is 7.25. The van der Waals surface area contributed by atoms with Crippen molar-refractivity contribution in [2.24, 2.45) is 0 Å². The summed E-state index contributed by atoms with van der Waals surface area (Å²) in [6.07, 6.45) is 1.82. The van der Waals surface area contributed by atoms with Gasteiger partial charge in [0, 0.05) is 66.0 Å². The van der Waals surface area contributed by atoms with E-state index in [0.717, 1.165) is 53.9 Å². The molecule has 2 aliphatic heterocycles. The van der Waals surface area contributed by atoms with Gasteiger partial charge in [0.1, 0.15) is 5.82 Å². The van der Waals surface area contributed by atoms with E-state index in [2.05, 4.69) is 28.1 Å². The maximum atomic E-state index is 14.5. The van der Waals surface area contributed by atoms with Crippen molar-refractivity contribution in [2.45, 2.75) is 18.4 Å². The number of benzene rings is 4. The summed E-state index contributed by atoms with van der Waals surface area (Å²) in [5, 5.41) is 3.79. The van der Waals surface area contributed by atoms with Crippen molar-refractivity contribution in [3.05, 3.63) is 129 Å². The van der Waals surface area contributed by atoms with Crippen LogP contribution in [0.5, 0.6) is 0 Å². The summed E-state index contributed by atoms with van der Waals surface area (Å²) in [6.45, 7) is 7.25. The van der Waals surface area contributed by atoms with Crippen molar-refractivity contribution in [1.82, 2.24) is 10.2 Å². The summed E-state index contributed by atoms with van der Waals surface area (Å²) in [5.41, 5.74) is 4.99. The van der Waals surface area contributed by atoms with Gasteiger partial charge < -0.3 is 15.1 Å². The summed E-state index contributed by atoms with van der Waals surface area (Å²) in [7, 11) is 0. The van der Waals surface area contributed by atoms with Crippen molar-refractivity contribution in [3.63, 3.8) is 0 Å². The van der Waals surface area contributed by atoms with E-state index >= 15 is 0 Å².